The Labute approximate surface area is 124 Å². The van der Waals surface area contributed by atoms with Crippen molar-refractivity contribution in [3.8, 4) is 5.75 Å². The molecule has 6 heteroatoms. The fraction of sp³-hybridized carbons (Fsp3) is 0.333. The molecule has 1 fully saturated rings. The van der Waals surface area contributed by atoms with E-state index in [0.29, 0.717) is 5.95 Å². The Kier molecular flexibility index (Phi) is 3.87. The van der Waals surface area contributed by atoms with Gasteiger partial charge in [0.25, 0.3) is 0 Å². The number of hydrogen-bond donors (Lipinski definition) is 2. The van der Waals surface area contributed by atoms with Crippen LogP contribution in [0.4, 0.5) is 17.5 Å². The lowest BCUT2D eigenvalue weighted by molar-refractivity contribution is 0.415. The average molecular weight is 285 g/mol. The van der Waals surface area contributed by atoms with Crippen molar-refractivity contribution in [2.24, 2.45) is 5.73 Å². The summed E-state index contributed by atoms with van der Waals surface area (Å²) in [6.07, 6.45) is 2.77. The first-order valence-electron chi connectivity index (χ1n) is 6.99. The van der Waals surface area contributed by atoms with Gasteiger partial charge in [0.2, 0.25) is 5.95 Å². The smallest absolute Gasteiger partial charge is 0.229 e. The monoisotopic (exact) mass is 285 g/mol. The van der Waals surface area contributed by atoms with E-state index in [4.69, 9.17) is 10.5 Å². The molecule has 2 heterocycles. The summed E-state index contributed by atoms with van der Waals surface area (Å²) in [5.74, 6) is 2.31. The Morgan fingerprint density at radius 2 is 2.10 bits per heavy atom. The molecule has 0 saturated carbocycles. The second-order valence-corrected chi connectivity index (χ2v) is 5.09. The van der Waals surface area contributed by atoms with Crippen LogP contribution in [0.3, 0.4) is 0 Å². The van der Waals surface area contributed by atoms with Gasteiger partial charge in [-0.15, -0.1) is 0 Å². The summed E-state index contributed by atoms with van der Waals surface area (Å²) in [5.41, 5.74) is 6.86. The van der Waals surface area contributed by atoms with Gasteiger partial charge in [0.05, 0.1) is 7.11 Å². The van der Waals surface area contributed by atoms with E-state index in [1.807, 2.05) is 30.3 Å². The standard InChI is InChI=1S/C15H19N5O/c1-21-13-4-2-12(3-5-13)18-15-17-8-6-14(19-15)20-9-7-11(16)10-20/h2-6,8,11H,7,9-10,16H2,1H3,(H,17,18,19)/t11-/m1/s1. The molecule has 0 aliphatic carbocycles. The van der Waals surface area contributed by atoms with Crippen LogP contribution in [-0.4, -0.2) is 36.2 Å². The van der Waals surface area contributed by atoms with Crippen molar-refractivity contribution < 1.29 is 4.74 Å². The fourth-order valence-corrected chi connectivity index (χ4v) is 2.38. The lowest BCUT2D eigenvalue weighted by atomic mass is 10.3. The first kappa shape index (κ1) is 13.6. The molecule has 0 radical (unpaired) electrons. The Bertz CT molecular complexity index is 601. The van der Waals surface area contributed by atoms with Gasteiger partial charge in [-0.05, 0) is 36.8 Å². The molecule has 3 rings (SSSR count). The zero-order valence-electron chi connectivity index (χ0n) is 12.0. The number of nitrogens with one attached hydrogen (secondary N) is 1. The van der Waals surface area contributed by atoms with Crippen molar-refractivity contribution in [1.82, 2.24) is 9.97 Å². The molecule has 21 heavy (non-hydrogen) atoms. The second-order valence-electron chi connectivity index (χ2n) is 5.09. The van der Waals surface area contributed by atoms with Crippen molar-refractivity contribution in [3.63, 3.8) is 0 Å². The van der Waals surface area contributed by atoms with Crippen LogP contribution in [0.25, 0.3) is 0 Å². The van der Waals surface area contributed by atoms with E-state index in [0.717, 1.165) is 36.8 Å². The molecule has 6 nitrogen and oxygen atoms in total. The first-order chi connectivity index (χ1) is 10.2. The quantitative estimate of drug-likeness (QED) is 0.891. The molecule has 0 unspecified atom stereocenters. The SMILES string of the molecule is COc1ccc(Nc2nccc(N3CC[C@@H](N)C3)n2)cc1. The van der Waals surface area contributed by atoms with Crippen molar-refractivity contribution >= 4 is 17.5 Å². The first-order valence-corrected chi connectivity index (χ1v) is 6.99. The summed E-state index contributed by atoms with van der Waals surface area (Å²) in [7, 11) is 1.65. The summed E-state index contributed by atoms with van der Waals surface area (Å²) in [6, 6.07) is 9.80. The highest BCUT2D eigenvalue weighted by Gasteiger charge is 2.20. The van der Waals surface area contributed by atoms with Gasteiger partial charge >= 0.3 is 0 Å². The van der Waals surface area contributed by atoms with Crippen molar-refractivity contribution in [1.29, 1.82) is 0 Å². The Morgan fingerprint density at radius 1 is 1.29 bits per heavy atom. The number of nitrogens with two attached hydrogens (primary N) is 1. The molecule has 0 spiro atoms. The van der Waals surface area contributed by atoms with E-state index < -0.39 is 0 Å². The Balaban J connectivity index is 1.73. The number of rotatable bonds is 4. The number of ether oxygens (including phenoxy) is 1. The van der Waals surface area contributed by atoms with Crippen LogP contribution in [0, 0.1) is 0 Å². The van der Waals surface area contributed by atoms with E-state index in [1.54, 1.807) is 13.3 Å². The van der Waals surface area contributed by atoms with E-state index in [2.05, 4.69) is 20.2 Å². The summed E-state index contributed by atoms with van der Waals surface area (Å²) >= 11 is 0. The van der Waals surface area contributed by atoms with Crippen LogP contribution in [0.5, 0.6) is 5.75 Å². The largest absolute Gasteiger partial charge is 0.497 e. The molecule has 0 amide bonds. The number of nitrogens with zero attached hydrogens (tertiary/aromatic N) is 3. The highest BCUT2D eigenvalue weighted by atomic mass is 16.5. The Hall–Kier alpha value is -2.34. The number of benzene rings is 1. The number of methoxy groups -OCH3 is 1. The van der Waals surface area contributed by atoms with Gasteiger partial charge in [0.1, 0.15) is 11.6 Å². The predicted octanol–water partition coefficient (Wildman–Crippen LogP) is 1.77. The maximum atomic E-state index is 5.94. The minimum Gasteiger partial charge on any atom is -0.497 e. The topological polar surface area (TPSA) is 76.3 Å². The normalized spacial score (nSPS) is 17.8. The van der Waals surface area contributed by atoms with Gasteiger partial charge < -0.3 is 20.7 Å². The molecule has 1 aromatic carbocycles. The average Bonchev–Trinajstić information content (AvgIpc) is 2.95. The van der Waals surface area contributed by atoms with Crippen molar-refractivity contribution in [3.05, 3.63) is 36.5 Å². The van der Waals surface area contributed by atoms with Gasteiger partial charge in [-0.3, -0.25) is 0 Å². The van der Waals surface area contributed by atoms with Gasteiger partial charge in [-0.2, -0.15) is 4.98 Å². The van der Waals surface area contributed by atoms with Crippen molar-refractivity contribution in [2.45, 2.75) is 12.5 Å². The molecule has 1 saturated heterocycles. The molecule has 110 valence electrons. The molecule has 1 atom stereocenters. The summed E-state index contributed by atoms with van der Waals surface area (Å²) in [6.45, 7) is 1.79. The fourth-order valence-electron chi connectivity index (χ4n) is 2.38. The Morgan fingerprint density at radius 3 is 2.76 bits per heavy atom. The summed E-state index contributed by atoms with van der Waals surface area (Å²) < 4.78 is 5.14. The van der Waals surface area contributed by atoms with Crippen LogP contribution in [-0.2, 0) is 0 Å². The number of anilines is 3. The molecule has 3 N–H and O–H groups in total. The lowest BCUT2D eigenvalue weighted by Gasteiger charge is -2.17. The lowest BCUT2D eigenvalue weighted by Crippen LogP contribution is -2.27. The summed E-state index contributed by atoms with van der Waals surface area (Å²) in [5, 5.41) is 3.19. The van der Waals surface area contributed by atoms with Crippen LogP contribution >= 0.6 is 0 Å². The minimum atomic E-state index is 0.234. The molecular weight excluding hydrogens is 266 g/mol. The molecule has 1 aromatic heterocycles. The third-order valence-corrected chi connectivity index (χ3v) is 3.54. The zero-order valence-corrected chi connectivity index (χ0v) is 12.0. The molecule has 2 aromatic rings. The van der Waals surface area contributed by atoms with Crippen LogP contribution in [0.15, 0.2) is 36.5 Å². The molecular formula is C15H19N5O. The van der Waals surface area contributed by atoms with Crippen LogP contribution in [0.2, 0.25) is 0 Å². The molecule has 1 aliphatic heterocycles. The second kappa shape index (κ2) is 5.97. The van der Waals surface area contributed by atoms with Gasteiger partial charge in [-0.25, -0.2) is 4.98 Å². The predicted molar refractivity (Wildman–Crippen MR) is 83.1 cm³/mol. The van der Waals surface area contributed by atoms with E-state index in [-0.39, 0.29) is 6.04 Å². The maximum Gasteiger partial charge on any atom is 0.229 e. The molecule has 0 bridgehead atoms. The highest BCUT2D eigenvalue weighted by molar-refractivity contribution is 5.56. The highest BCUT2D eigenvalue weighted by Crippen LogP contribution is 2.21. The van der Waals surface area contributed by atoms with E-state index >= 15 is 0 Å². The van der Waals surface area contributed by atoms with Gasteiger partial charge in [0.15, 0.2) is 0 Å². The molecule has 1 aliphatic rings. The van der Waals surface area contributed by atoms with Gasteiger partial charge in [-0.1, -0.05) is 0 Å². The minimum absolute atomic E-state index is 0.234. The van der Waals surface area contributed by atoms with Gasteiger partial charge in [0, 0.05) is 31.0 Å². The summed E-state index contributed by atoms with van der Waals surface area (Å²) in [4.78, 5) is 11.0. The number of aromatic nitrogens is 2. The van der Waals surface area contributed by atoms with Crippen LogP contribution in [0.1, 0.15) is 6.42 Å². The van der Waals surface area contributed by atoms with Crippen LogP contribution < -0.4 is 20.7 Å². The van der Waals surface area contributed by atoms with Crippen molar-refractivity contribution in [2.75, 3.05) is 30.4 Å². The zero-order chi connectivity index (χ0) is 14.7. The van der Waals surface area contributed by atoms with E-state index in [9.17, 15) is 0 Å². The van der Waals surface area contributed by atoms with E-state index in [1.165, 1.54) is 0 Å². The number of hydrogen-bond acceptors (Lipinski definition) is 6. The third kappa shape index (κ3) is 3.22. The maximum absolute atomic E-state index is 5.94. The third-order valence-electron chi connectivity index (χ3n) is 3.54.